The first-order valence-corrected chi connectivity index (χ1v) is 4.89. The molecule has 1 amide bonds. The summed E-state index contributed by atoms with van der Waals surface area (Å²) in [5.41, 5.74) is 0. The second-order valence-electron chi connectivity index (χ2n) is 3.28. The quantitative estimate of drug-likeness (QED) is 0.639. The molecule has 76 valence electrons. The molecule has 0 bridgehead atoms. The van der Waals surface area contributed by atoms with Crippen molar-refractivity contribution in [3.05, 3.63) is 0 Å². The van der Waals surface area contributed by atoms with Gasteiger partial charge in [0.15, 0.2) is 0 Å². The fourth-order valence-electron chi connectivity index (χ4n) is 1.51. The molecule has 0 spiro atoms. The molecule has 0 aromatic carbocycles. The maximum Gasteiger partial charge on any atom is 0.223 e. The van der Waals surface area contributed by atoms with Gasteiger partial charge < -0.3 is 10.2 Å². The van der Waals surface area contributed by atoms with Gasteiger partial charge >= 0.3 is 0 Å². The van der Waals surface area contributed by atoms with Crippen LogP contribution in [0.5, 0.6) is 0 Å². The zero-order chi connectivity index (χ0) is 9.52. The molecule has 4 heteroatoms. The van der Waals surface area contributed by atoms with Gasteiger partial charge in [-0.1, -0.05) is 0 Å². The Balaban J connectivity index is 2.03. The maximum absolute atomic E-state index is 11.7. The van der Waals surface area contributed by atoms with Gasteiger partial charge in [0.1, 0.15) is 6.67 Å². The van der Waals surface area contributed by atoms with Crippen molar-refractivity contribution in [2.24, 2.45) is 0 Å². The Hall–Kier alpha value is -0.640. The van der Waals surface area contributed by atoms with Crippen molar-refractivity contribution in [2.75, 3.05) is 32.9 Å². The minimum Gasteiger partial charge on any atom is -0.343 e. The molecule has 3 nitrogen and oxygen atoms in total. The summed E-state index contributed by atoms with van der Waals surface area (Å²) < 4.78 is 11.7. The zero-order valence-corrected chi connectivity index (χ0v) is 7.89. The average molecular weight is 188 g/mol. The first kappa shape index (κ1) is 10.4. The number of carbonyl (C=O) groups excluding carboxylic acids is 1. The van der Waals surface area contributed by atoms with E-state index in [2.05, 4.69) is 5.32 Å². The molecule has 1 rings (SSSR count). The van der Waals surface area contributed by atoms with E-state index in [0.717, 1.165) is 25.9 Å². The molecule has 13 heavy (non-hydrogen) atoms. The number of nitrogens with zero attached hydrogens (tertiary/aromatic N) is 1. The Labute approximate surface area is 78.3 Å². The van der Waals surface area contributed by atoms with E-state index in [1.54, 1.807) is 0 Å². The number of carbonyl (C=O) groups is 1. The second-order valence-corrected chi connectivity index (χ2v) is 3.28. The molecular formula is C9H17FN2O. The van der Waals surface area contributed by atoms with Gasteiger partial charge in [-0.05, 0) is 12.8 Å². The smallest absolute Gasteiger partial charge is 0.223 e. The third-order valence-corrected chi connectivity index (χ3v) is 2.25. The van der Waals surface area contributed by atoms with Crippen molar-refractivity contribution in [2.45, 2.75) is 19.3 Å². The third-order valence-electron chi connectivity index (χ3n) is 2.25. The summed E-state index contributed by atoms with van der Waals surface area (Å²) in [6.45, 7) is 2.40. The predicted octanol–water partition coefficient (Wildman–Crippen LogP) is 0.558. The van der Waals surface area contributed by atoms with Crippen LogP contribution in [0.4, 0.5) is 4.39 Å². The standard InChI is InChI=1S/C9H17FN2O/c10-4-6-11-5-3-9(13)12-7-1-2-8-12/h11H,1-8H2. The van der Waals surface area contributed by atoms with Gasteiger partial charge in [-0.3, -0.25) is 4.79 Å². The van der Waals surface area contributed by atoms with Crippen LogP contribution in [-0.4, -0.2) is 43.7 Å². The SMILES string of the molecule is O=C(CCNCCF)N1CCCC1. The molecule has 0 atom stereocenters. The summed E-state index contributed by atoms with van der Waals surface area (Å²) in [6, 6.07) is 0. The molecule has 1 heterocycles. The van der Waals surface area contributed by atoms with E-state index in [9.17, 15) is 9.18 Å². The van der Waals surface area contributed by atoms with Crippen molar-refractivity contribution in [3.8, 4) is 0 Å². The van der Waals surface area contributed by atoms with Crippen LogP contribution < -0.4 is 5.32 Å². The number of hydrogen-bond acceptors (Lipinski definition) is 2. The van der Waals surface area contributed by atoms with Crippen LogP contribution in [0, 0.1) is 0 Å². The molecule has 1 aliphatic rings. The lowest BCUT2D eigenvalue weighted by Gasteiger charge is -2.14. The van der Waals surface area contributed by atoms with Crippen molar-refractivity contribution < 1.29 is 9.18 Å². The van der Waals surface area contributed by atoms with E-state index in [1.165, 1.54) is 0 Å². The highest BCUT2D eigenvalue weighted by Crippen LogP contribution is 2.08. The molecule has 0 unspecified atom stereocenters. The van der Waals surface area contributed by atoms with E-state index < -0.39 is 0 Å². The molecule has 1 N–H and O–H groups in total. The highest BCUT2D eigenvalue weighted by Gasteiger charge is 2.16. The molecule has 0 radical (unpaired) electrons. The Morgan fingerprint density at radius 1 is 1.31 bits per heavy atom. The molecule has 1 fully saturated rings. The largest absolute Gasteiger partial charge is 0.343 e. The summed E-state index contributed by atoms with van der Waals surface area (Å²) in [7, 11) is 0. The van der Waals surface area contributed by atoms with Crippen LogP contribution in [0.25, 0.3) is 0 Å². The topological polar surface area (TPSA) is 32.3 Å². The van der Waals surface area contributed by atoms with Gasteiger partial charge in [0.2, 0.25) is 5.91 Å². The van der Waals surface area contributed by atoms with Crippen molar-refractivity contribution in [1.82, 2.24) is 10.2 Å². The van der Waals surface area contributed by atoms with Gasteiger partial charge in [0.05, 0.1) is 0 Å². The van der Waals surface area contributed by atoms with E-state index in [-0.39, 0.29) is 12.6 Å². The summed E-state index contributed by atoms with van der Waals surface area (Å²) in [5, 5.41) is 2.87. The van der Waals surface area contributed by atoms with Gasteiger partial charge in [0.25, 0.3) is 0 Å². The average Bonchev–Trinajstić information content (AvgIpc) is 2.65. The number of nitrogens with one attached hydrogen (secondary N) is 1. The molecule has 0 saturated carbocycles. The first-order valence-electron chi connectivity index (χ1n) is 4.89. The van der Waals surface area contributed by atoms with Crippen molar-refractivity contribution >= 4 is 5.91 Å². The molecular weight excluding hydrogens is 171 g/mol. The van der Waals surface area contributed by atoms with Gasteiger partial charge in [-0.2, -0.15) is 0 Å². The van der Waals surface area contributed by atoms with E-state index in [0.29, 0.717) is 19.5 Å². The van der Waals surface area contributed by atoms with Gasteiger partial charge in [0, 0.05) is 32.6 Å². The zero-order valence-electron chi connectivity index (χ0n) is 7.89. The lowest BCUT2D eigenvalue weighted by Crippen LogP contribution is -2.31. The third kappa shape index (κ3) is 3.72. The van der Waals surface area contributed by atoms with E-state index in [1.807, 2.05) is 4.90 Å². The number of halogens is 1. The second kappa shape index (κ2) is 5.91. The molecule has 0 aliphatic carbocycles. The van der Waals surface area contributed by atoms with Gasteiger partial charge in [-0.15, -0.1) is 0 Å². The normalized spacial score (nSPS) is 16.5. The summed E-state index contributed by atoms with van der Waals surface area (Å²) in [6.07, 6.45) is 2.76. The fourth-order valence-corrected chi connectivity index (χ4v) is 1.51. The summed E-state index contributed by atoms with van der Waals surface area (Å²) in [4.78, 5) is 13.3. The maximum atomic E-state index is 11.7. The van der Waals surface area contributed by atoms with Crippen molar-refractivity contribution in [1.29, 1.82) is 0 Å². The predicted molar refractivity (Wildman–Crippen MR) is 49.3 cm³/mol. The fraction of sp³-hybridized carbons (Fsp3) is 0.889. The molecule has 0 aromatic rings. The Morgan fingerprint density at radius 2 is 2.00 bits per heavy atom. The van der Waals surface area contributed by atoms with Gasteiger partial charge in [-0.25, -0.2) is 4.39 Å². The summed E-state index contributed by atoms with van der Waals surface area (Å²) in [5.74, 6) is 0.198. The van der Waals surface area contributed by atoms with Crippen LogP contribution in [-0.2, 0) is 4.79 Å². The van der Waals surface area contributed by atoms with Crippen LogP contribution in [0.2, 0.25) is 0 Å². The lowest BCUT2D eigenvalue weighted by atomic mass is 10.3. The Morgan fingerprint density at radius 3 is 2.62 bits per heavy atom. The minimum absolute atomic E-state index is 0.198. The van der Waals surface area contributed by atoms with Crippen LogP contribution in [0.15, 0.2) is 0 Å². The van der Waals surface area contributed by atoms with Crippen LogP contribution in [0.3, 0.4) is 0 Å². The van der Waals surface area contributed by atoms with Crippen molar-refractivity contribution in [3.63, 3.8) is 0 Å². The highest BCUT2D eigenvalue weighted by atomic mass is 19.1. The minimum atomic E-state index is -0.363. The van der Waals surface area contributed by atoms with Crippen LogP contribution >= 0.6 is 0 Å². The summed E-state index contributed by atoms with van der Waals surface area (Å²) >= 11 is 0. The Bertz CT molecular complexity index is 158. The number of likely N-dealkylation sites (tertiary alicyclic amines) is 1. The van der Waals surface area contributed by atoms with E-state index in [4.69, 9.17) is 0 Å². The molecule has 1 aliphatic heterocycles. The Kier molecular flexibility index (Phi) is 4.75. The lowest BCUT2D eigenvalue weighted by molar-refractivity contribution is -0.130. The first-order chi connectivity index (χ1) is 6.34. The molecule has 0 aromatic heterocycles. The number of rotatable bonds is 5. The highest BCUT2D eigenvalue weighted by molar-refractivity contribution is 5.76. The monoisotopic (exact) mass is 188 g/mol. The molecule has 1 saturated heterocycles. The van der Waals surface area contributed by atoms with E-state index >= 15 is 0 Å². The number of alkyl halides is 1. The number of amides is 1. The number of hydrogen-bond donors (Lipinski definition) is 1. The van der Waals surface area contributed by atoms with Crippen LogP contribution in [0.1, 0.15) is 19.3 Å².